The zero-order valence-corrected chi connectivity index (χ0v) is 13.3. The summed E-state index contributed by atoms with van der Waals surface area (Å²) in [6, 6.07) is 25.9. The SMILES string of the molecule is C=C(CC)c1ccc(-n2c3ccccc3c3ccccc32)cc1. The molecule has 0 spiro atoms. The fraction of sp³-hybridized carbons (Fsp3) is 0.0909. The van der Waals surface area contributed by atoms with E-state index in [0.29, 0.717) is 0 Å². The second kappa shape index (κ2) is 5.44. The summed E-state index contributed by atoms with van der Waals surface area (Å²) in [5, 5.41) is 2.59. The van der Waals surface area contributed by atoms with Crippen LogP contribution in [-0.4, -0.2) is 4.57 Å². The highest BCUT2D eigenvalue weighted by Gasteiger charge is 2.11. The van der Waals surface area contributed by atoms with Crippen molar-refractivity contribution in [2.75, 3.05) is 0 Å². The first-order chi connectivity index (χ1) is 11.3. The van der Waals surface area contributed by atoms with E-state index in [1.807, 2.05) is 0 Å². The van der Waals surface area contributed by atoms with E-state index in [2.05, 4.69) is 90.9 Å². The van der Waals surface area contributed by atoms with Gasteiger partial charge in [-0.1, -0.05) is 62.0 Å². The van der Waals surface area contributed by atoms with Gasteiger partial charge in [0.05, 0.1) is 11.0 Å². The fourth-order valence-electron chi connectivity index (χ4n) is 3.25. The van der Waals surface area contributed by atoms with Crippen LogP contribution < -0.4 is 0 Å². The van der Waals surface area contributed by atoms with Gasteiger partial charge in [-0.2, -0.15) is 0 Å². The predicted octanol–water partition coefficient (Wildman–Crippen LogP) is 6.21. The zero-order valence-electron chi connectivity index (χ0n) is 13.3. The summed E-state index contributed by atoms with van der Waals surface area (Å²) < 4.78 is 2.34. The lowest BCUT2D eigenvalue weighted by Crippen LogP contribution is -1.94. The first kappa shape index (κ1) is 13.8. The van der Waals surface area contributed by atoms with Gasteiger partial charge in [0.2, 0.25) is 0 Å². The number of benzene rings is 3. The van der Waals surface area contributed by atoms with Crippen molar-refractivity contribution in [3.05, 3.63) is 84.9 Å². The fourth-order valence-corrected chi connectivity index (χ4v) is 3.25. The summed E-state index contributed by atoms with van der Waals surface area (Å²) >= 11 is 0. The molecule has 0 atom stereocenters. The minimum absolute atomic E-state index is 0.981. The molecule has 3 aromatic carbocycles. The Morgan fingerprint density at radius 1 is 0.783 bits per heavy atom. The van der Waals surface area contributed by atoms with E-state index in [1.165, 1.54) is 38.6 Å². The lowest BCUT2D eigenvalue weighted by Gasteiger charge is -2.09. The number of hydrogen-bond donors (Lipinski definition) is 0. The van der Waals surface area contributed by atoms with Crippen LogP contribution in [0.25, 0.3) is 33.1 Å². The van der Waals surface area contributed by atoms with Crippen LogP contribution in [0.1, 0.15) is 18.9 Å². The molecule has 0 fully saturated rings. The number of allylic oxidation sites excluding steroid dienone is 1. The Morgan fingerprint density at radius 3 is 1.83 bits per heavy atom. The van der Waals surface area contributed by atoms with Gasteiger partial charge in [0, 0.05) is 16.5 Å². The molecule has 0 amide bonds. The number of hydrogen-bond acceptors (Lipinski definition) is 0. The summed E-state index contributed by atoms with van der Waals surface area (Å²) in [7, 11) is 0. The predicted molar refractivity (Wildman–Crippen MR) is 100 cm³/mol. The van der Waals surface area contributed by atoms with Crippen molar-refractivity contribution in [2.45, 2.75) is 13.3 Å². The van der Waals surface area contributed by atoms with Crippen molar-refractivity contribution in [3.63, 3.8) is 0 Å². The minimum atomic E-state index is 0.981. The first-order valence-corrected chi connectivity index (χ1v) is 8.06. The van der Waals surface area contributed by atoms with Crippen LogP contribution in [-0.2, 0) is 0 Å². The van der Waals surface area contributed by atoms with Crippen molar-refractivity contribution in [3.8, 4) is 5.69 Å². The van der Waals surface area contributed by atoms with Crippen LogP contribution in [0, 0.1) is 0 Å². The maximum absolute atomic E-state index is 4.13. The minimum Gasteiger partial charge on any atom is -0.309 e. The van der Waals surface area contributed by atoms with Gasteiger partial charge in [0.25, 0.3) is 0 Å². The molecule has 0 unspecified atom stereocenters. The van der Waals surface area contributed by atoms with Crippen LogP contribution in [0.3, 0.4) is 0 Å². The van der Waals surface area contributed by atoms with Gasteiger partial charge in [-0.05, 0) is 41.8 Å². The Morgan fingerprint density at radius 2 is 1.30 bits per heavy atom. The zero-order chi connectivity index (χ0) is 15.8. The van der Waals surface area contributed by atoms with Crippen molar-refractivity contribution in [1.29, 1.82) is 0 Å². The third-order valence-corrected chi connectivity index (χ3v) is 4.54. The molecule has 1 nitrogen and oxygen atoms in total. The normalized spacial score (nSPS) is 11.2. The Hall–Kier alpha value is -2.80. The highest BCUT2D eigenvalue weighted by atomic mass is 15.0. The average Bonchev–Trinajstić information content (AvgIpc) is 2.96. The van der Waals surface area contributed by atoms with E-state index in [0.717, 1.165) is 6.42 Å². The van der Waals surface area contributed by atoms with Gasteiger partial charge in [0.15, 0.2) is 0 Å². The summed E-state index contributed by atoms with van der Waals surface area (Å²) in [5.74, 6) is 0. The first-order valence-electron chi connectivity index (χ1n) is 8.06. The molecule has 4 aromatic rings. The molecule has 0 aliphatic rings. The summed E-state index contributed by atoms with van der Waals surface area (Å²) in [5.41, 5.74) is 6.08. The lowest BCUT2D eigenvalue weighted by molar-refractivity contribution is 1.17. The van der Waals surface area contributed by atoms with Gasteiger partial charge >= 0.3 is 0 Å². The van der Waals surface area contributed by atoms with Crippen LogP contribution >= 0.6 is 0 Å². The topological polar surface area (TPSA) is 4.93 Å². The molecule has 0 aliphatic carbocycles. The number of rotatable bonds is 3. The van der Waals surface area contributed by atoms with Crippen molar-refractivity contribution in [2.24, 2.45) is 0 Å². The van der Waals surface area contributed by atoms with E-state index >= 15 is 0 Å². The summed E-state index contributed by atoms with van der Waals surface area (Å²) in [6.45, 7) is 6.27. The lowest BCUT2D eigenvalue weighted by atomic mass is 10.1. The number of aromatic nitrogens is 1. The standard InChI is InChI=1S/C22H19N/c1-3-16(2)17-12-14-18(15-13-17)23-21-10-6-4-8-19(21)20-9-5-7-11-22(20)23/h4-15H,2-3H2,1H3. The van der Waals surface area contributed by atoms with Crippen molar-refractivity contribution >= 4 is 27.4 Å². The van der Waals surface area contributed by atoms with Gasteiger partial charge in [-0.25, -0.2) is 0 Å². The Labute approximate surface area is 136 Å². The third kappa shape index (κ3) is 2.17. The summed E-state index contributed by atoms with van der Waals surface area (Å²) in [6.07, 6.45) is 0.981. The maximum Gasteiger partial charge on any atom is 0.0541 e. The Kier molecular flexibility index (Phi) is 3.27. The van der Waals surface area contributed by atoms with Crippen molar-refractivity contribution < 1.29 is 0 Å². The maximum atomic E-state index is 4.13. The van der Waals surface area contributed by atoms with Crippen molar-refractivity contribution in [1.82, 2.24) is 4.57 Å². The quantitative estimate of drug-likeness (QED) is 0.424. The van der Waals surface area contributed by atoms with Gasteiger partial charge in [0.1, 0.15) is 0 Å². The van der Waals surface area contributed by atoms with E-state index in [-0.39, 0.29) is 0 Å². The number of para-hydroxylation sites is 2. The number of fused-ring (bicyclic) bond motifs is 3. The van der Waals surface area contributed by atoms with E-state index in [1.54, 1.807) is 0 Å². The Bertz CT molecular complexity index is 950. The molecule has 4 rings (SSSR count). The largest absolute Gasteiger partial charge is 0.309 e. The molecule has 0 aliphatic heterocycles. The number of nitrogens with zero attached hydrogens (tertiary/aromatic N) is 1. The Balaban J connectivity index is 1.98. The second-order valence-electron chi connectivity index (χ2n) is 5.87. The van der Waals surface area contributed by atoms with Gasteiger partial charge in [-0.3, -0.25) is 0 Å². The molecular formula is C22H19N. The van der Waals surface area contributed by atoms with Gasteiger partial charge in [-0.15, -0.1) is 0 Å². The molecule has 0 N–H and O–H groups in total. The highest BCUT2D eigenvalue weighted by molar-refractivity contribution is 6.09. The molecule has 1 aromatic heterocycles. The van der Waals surface area contributed by atoms with Crippen LogP contribution in [0.5, 0.6) is 0 Å². The van der Waals surface area contributed by atoms with Crippen LogP contribution in [0.4, 0.5) is 0 Å². The van der Waals surface area contributed by atoms with Crippen LogP contribution in [0.15, 0.2) is 79.4 Å². The molecule has 112 valence electrons. The molecule has 0 saturated carbocycles. The smallest absolute Gasteiger partial charge is 0.0541 e. The monoisotopic (exact) mass is 297 g/mol. The van der Waals surface area contributed by atoms with E-state index in [4.69, 9.17) is 0 Å². The average molecular weight is 297 g/mol. The molecule has 0 saturated heterocycles. The third-order valence-electron chi connectivity index (χ3n) is 4.54. The molecule has 23 heavy (non-hydrogen) atoms. The second-order valence-corrected chi connectivity index (χ2v) is 5.87. The molecule has 1 heterocycles. The summed E-state index contributed by atoms with van der Waals surface area (Å²) in [4.78, 5) is 0. The van der Waals surface area contributed by atoms with E-state index < -0.39 is 0 Å². The van der Waals surface area contributed by atoms with E-state index in [9.17, 15) is 0 Å². The molecule has 1 heteroatoms. The molecule has 0 bridgehead atoms. The molecule has 0 radical (unpaired) electrons. The van der Waals surface area contributed by atoms with Gasteiger partial charge < -0.3 is 4.57 Å². The molecular weight excluding hydrogens is 278 g/mol. The highest BCUT2D eigenvalue weighted by Crippen LogP contribution is 2.32. The van der Waals surface area contributed by atoms with Crippen LogP contribution in [0.2, 0.25) is 0 Å².